The first-order valence-electron chi connectivity index (χ1n) is 8.91. The standard InChI is InChI=1S/C19H18N2O8/c22-20(23)15-5-1-3-13(7-15)17-26-9-19(10-27-17)11-28-18(29-12-19)14-4-2-6-16(8-14)21(24)25/h1-8,17-18H,9-12H2. The Hall–Kier alpha value is -2.92. The Bertz CT molecular complexity index is 839. The van der Waals surface area contributed by atoms with Gasteiger partial charge in [-0.3, -0.25) is 20.2 Å². The number of rotatable bonds is 4. The number of hydrogen-bond donors (Lipinski definition) is 0. The Labute approximate surface area is 165 Å². The maximum Gasteiger partial charge on any atom is 0.269 e. The van der Waals surface area contributed by atoms with Crippen molar-refractivity contribution in [3.63, 3.8) is 0 Å². The normalized spacial score (nSPS) is 26.9. The summed E-state index contributed by atoms with van der Waals surface area (Å²) in [6, 6.07) is 12.3. The maximum absolute atomic E-state index is 10.9. The topological polar surface area (TPSA) is 123 Å². The third kappa shape index (κ3) is 4.10. The molecule has 0 unspecified atom stereocenters. The summed E-state index contributed by atoms with van der Waals surface area (Å²) >= 11 is 0. The van der Waals surface area contributed by atoms with Crippen molar-refractivity contribution in [3.8, 4) is 0 Å². The molecular formula is C19H18N2O8. The molecule has 0 N–H and O–H groups in total. The summed E-state index contributed by atoms with van der Waals surface area (Å²) in [5.41, 5.74) is 0.578. The zero-order valence-electron chi connectivity index (χ0n) is 15.3. The van der Waals surface area contributed by atoms with Gasteiger partial charge in [0.1, 0.15) is 0 Å². The summed E-state index contributed by atoms with van der Waals surface area (Å²) in [6.45, 7) is 1.17. The molecule has 10 heteroatoms. The number of hydrogen-bond acceptors (Lipinski definition) is 8. The smallest absolute Gasteiger partial charge is 0.269 e. The summed E-state index contributed by atoms with van der Waals surface area (Å²) in [5, 5.41) is 21.9. The molecule has 1 spiro atoms. The number of non-ortho nitro benzene ring substituents is 2. The van der Waals surface area contributed by atoms with Crippen molar-refractivity contribution in [1.29, 1.82) is 0 Å². The third-order valence-electron chi connectivity index (χ3n) is 4.87. The van der Waals surface area contributed by atoms with Gasteiger partial charge < -0.3 is 18.9 Å². The van der Waals surface area contributed by atoms with Gasteiger partial charge in [0, 0.05) is 35.4 Å². The lowest BCUT2D eigenvalue weighted by Gasteiger charge is -2.43. The van der Waals surface area contributed by atoms with Crippen molar-refractivity contribution < 1.29 is 28.8 Å². The highest BCUT2D eigenvalue weighted by atomic mass is 16.7. The highest BCUT2D eigenvalue weighted by Gasteiger charge is 2.42. The van der Waals surface area contributed by atoms with Crippen LogP contribution in [0.2, 0.25) is 0 Å². The molecule has 2 aromatic rings. The van der Waals surface area contributed by atoms with Gasteiger partial charge >= 0.3 is 0 Å². The van der Waals surface area contributed by atoms with Gasteiger partial charge in [-0.15, -0.1) is 0 Å². The molecule has 0 bridgehead atoms. The van der Waals surface area contributed by atoms with E-state index in [1.807, 2.05) is 0 Å². The number of nitrogens with zero attached hydrogens (tertiary/aromatic N) is 2. The van der Waals surface area contributed by atoms with Gasteiger partial charge in [-0.05, 0) is 0 Å². The van der Waals surface area contributed by atoms with Crippen molar-refractivity contribution >= 4 is 11.4 Å². The van der Waals surface area contributed by atoms with E-state index < -0.39 is 27.8 Å². The molecule has 0 saturated carbocycles. The van der Waals surface area contributed by atoms with Crippen molar-refractivity contribution in [2.75, 3.05) is 26.4 Å². The number of benzene rings is 2. The van der Waals surface area contributed by atoms with Crippen LogP contribution in [0.15, 0.2) is 48.5 Å². The monoisotopic (exact) mass is 402 g/mol. The number of nitro benzene ring substituents is 2. The van der Waals surface area contributed by atoms with Crippen LogP contribution >= 0.6 is 0 Å². The fourth-order valence-electron chi connectivity index (χ4n) is 3.31. The first kappa shape index (κ1) is 19.4. The molecule has 0 amide bonds. The van der Waals surface area contributed by atoms with E-state index in [1.54, 1.807) is 24.3 Å². The fraction of sp³-hybridized carbons (Fsp3) is 0.368. The molecular weight excluding hydrogens is 384 g/mol. The summed E-state index contributed by atoms with van der Waals surface area (Å²) < 4.78 is 23.2. The molecule has 2 heterocycles. The van der Waals surface area contributed by atoms with E-state index in [-0.39, 0.29) is 11.4 Å². The molecule has 4 rings (SSSR count). The molecule has 2 aliphatic heterocycles. The van der Waals surface area contributed by atoms with Crippen LogP contribution in [0.1, 0.15) is 23.7 Å². The van der Waals surface area contributed by atoms with Crippen molar-refractivity contribution in [3.05, 3.63) is 79.9 Å². The van der Waals surface area contributed by atoms with E-state index in [4.69, 9.17) is 18.9 Å². The Morgan fingerprint density at radius 2 is 1.10 bits per heavy atom. The molecule has 2 aliphatic rings. The molecule has 2 aromatic carbocycles. The van der Waals surface area contributed by atoms with Crippen LogP contribution in [0.25, 0.3) is 0 Å². The van der Waals surface area contributed by atoms with E-state index >= 15 is 0 Å². The summed E-state index contributed by atoms with van der Waals surface area (Å²) in [6.07, 6.45) is -1.40. The van der Waals surface area contributed by atoms with Gasteiger partial charge in [0.25, 0.3) is 11.4 Å². The van der Waals surface area contributed by atoms with Gasteiger partial charge in [-0.25, -0.2) is 0 Å². The molecule has 2 saturated heterocycles. The number of ether oxygens (including phenoxy) is 4. The molecule has 0 atom stereocenters. The molecule has 0 aliphatic carbocycles. The molecule has 152 valence electrons. The van der Waals surface area contributed by atoms with Gasteiger partial charge in [-0.2, -0.15) is 0 Å². The first-order chi connectivity index (χ1) is 14.0. The van der Waals surface area contributed by atoms with Crippen LogP contribution in [0.4, 0.5) is 11.4 Å². The lowest BCUT2D eigenvalue weighted by Crippen LogP contribution is -2.49. The number of nitro groups is 2. The Balaban J connectivity index is 1.37. The van der Waals surface area contributed by atoms with Gasteiger partial charge in [0.15, 0.2) is 12.6 Å². The van der Waals surface area contributed by atoms with E-state index in [0.717, 1.165) is 0 Å². The van der Waals surface area contributed by atoms with Crippen LogP contribution in [0.5, 0.6) is 0 Å². The zero-order chi connectivity index (χ0) is 20.4. The lowest BCUT2D eigenvalue weighted by molar-refractivity contribution is -0.385. The third-order valence-corrected chi connectivity index (χ3v) is 4.87. The van der Waals surface area contributed by atoms with Gasteiger partial charge in [0.2, 0.25) is 0 Å². The van der Waals surface area contributed by atoms with E-state index in [2.05, 4.69) is 0 Å². The lowest BCUT2D eigenvalue weighted by atomic mass is 9.90. The quantitative estimate of drug-likeness (QED) is 0.564. The summed E-state index contributed by atoms with van der Waals surface area (Å²) in [4.78, 5) is 20.9. The maximum atomic E-state index is 10.9. The predicted octanol–water partition coefficient (Wildman–Crippen LogP) is 3.28. The molecule has 29 heavy (non-hydrogen) atoms. The van der Waals surface area contributed by atoms with Crippen LogP contribution in [-0.4, -0.2) is 36.3 Å². The van der Waals surface area contributed by atoms with E-state index in [1.165, 1.54) is 24.3 Å². The van der Waals surface area contributed by atoms with Crippen LogP contribution in [0.3, 0.4) is 0 Å². The van der Waals surface area contributed by atoms with Crippen LogP contribution in [-0.2, 0) is 18.9 Å². The van der Waals surface area contributed by atoms with Crippen molar-refractivity contribution in [2.45, 2.75) is 12.6 Å². The van der Waals surface area contributed by atoms with Crippen molar-refractivity contribution in [1.82, 2.24) is 0 Å². The molecule has 0 radical (unpaired) electrons. The predicted molar refractivity (Wildman–Crippen MR) is 97.9 cm³/mol. The van der Waals surface area contributed by atoms with Crippen molar-refractivity contribution in [2.24, 2.45) is 5.41 Å². The van der Waals surface area contributed by atoms with E-state index in [9.17, 15) is 20.2 Å². The first-order valence-corrected chi connectivity index (χ1v) is 8.91. The largest absolute Gasteiger partial charge is 0.348 e. The minimum absolute atomic E-state index is 0.0286. The van der Waals surface area contributed by atoms with Crippen LogP contribution in [0, 0.1) is 25.6 Å². The average molecular weight is 402 g/mol. The average Bonchev–Trinajstić information content (AvgIpc) is 2.75. The zero-order valence-corrected chi connectivity index (χ0v) is 15.3. The highest BCUT2D eigenvalue weighted by Crippen LogP contribution is 2.38. The highest BCUT2D eigenvalue weighted by molar-refractivity contribution is 5.35. The Kier molecular flexibility index (Phi) is 5.24. The minimum atomic E-state index is -0.699. The molecule has 2 fully saturated rings. The molecule has 0 aromatic heterocycles. The van der Waals surface area contributed by atoms with Gasteiger partial charge in [0.05, 0.1) is 41.7 Å². The second-order valence-corrected chi connectivity index (χ2v) is 7.11. The van der Waals surface area contributed by atoms with Gasteiger partial charge in [-0.1, -0.05) is 24.3 Å². The second kappa shape index (κ2) is 7.84. The SMILES string of the molecule is O=[N+]([O-])c1cccc(C2OCC3(CO2)COC(c2cccc([N+](=O)[O-])c2)OC3)c1. The Morgan fingerprint density at radius 3 is 1.45 bits per heavy atom. The second-order valence-electron chi connectivity index (χ2n) is 7.11. The molecule has 10 nitrogen and oxygen atoms in total. The summed E-state index contributed by atoms with van der Waals surface area (Å²) in [7, 11) is 0. The van der Waals surface area contributed by atoms with E-state index in [0.29, 0.717) is 37.6 Å². The Morgan fingerprint density at radius 1 is 0.724 bits per heavy atom. The fourth-order valence-corrected chi connectivity index (χ4v) is 3.31. The summed E-state index contributed by atoms with van der Waals surface area (Å²) in [5.74, 6) is 0. The van der Waals surface area contributed by atoms with Crippen LogP contribution < -0.4 is 0 Å². The minimum Gasteiger partial charge on any atom is -0.348 e.